The number of aromatic nitrogens is 1. The molecule has 1 saturated heterocycles. The molecule has 2 unspecified atom stereocenters. The van der Waals surface area contributed by atoms with Crippen molar-refractivity contribution in [2.45, 2.75) is 64.4 Å². The van der Waals surface area contributed by atoms with Crippen LogP contribution in [0.5, 0.6) is 5.75 Å². The zero-order chi connectivity index (χ0) is 25.9. The van der Waals surface area contributed by atoms with Crippen LogP contribution in [0.2, 0.25) is 0 Å². The van der Waals surface area contributed by atoms with E-state index in [0.717, 1.165) is 60.9 Å². The molecular formula is C27H40N5O4+. The van der Waals surface area contributed by atoms with Gasteiger partial charge in [0.1, 0.15) is 17.5 Å². The fourth-order valence-electron chi connectivity index (χ4n) is 4.57. The fraction of sp³-hybridized carbons (Fsp3) is 0.556. The second-order valence-corrected chi connectivity index (χ2v) is 10.9. The standard InChI is InChI=1S/C27H39N5O4/c1-26(2,3)35-25(33)27(4,36-29)23-9-6-20-13-19(5-8-22(20)34-23)21-7-10-24(31-12-11-28)32(17-21)16-18-14-30-15-18/h5,7-8,10,13,17-18,23,30H,6,9,11-12,14-16,28-29H2,1-4H3/p+1. The van der Waals surface area contributed by atoms with Gasteiger partial charge in [0.2, 0.25) is 5.60 Å². The molecule has 2 aliphatic rings. The van der Waals surface area contributed by atoms with E-state index in [4.69, 9.17) is 25.9 Å². The van der Waals surface area contributed by atoms with E-state index in [1.165, 1.54) is 0 Å². The van der Waals surface area contributed by atoms with Gasteiger partial charge in [0.25, 0.3) is 5.82 Å². The Balaban J connectivity index is 1.54. The molecule has 2 atom stereocenters. The molecule has 1 aromatic heterocycles. The van der Waals surface area contributed by atoms with Crippen LogP contribution >= 0.6 is 0 Å². The maximum Gasteiger partial charge on any atom is 0.344 e. The van der Waals surface area contributed by atoms with Gasteiger partial charge in [0.05, 0.1) is 19.3 Å². The van der Waals surface area contributed by atoms with Crippen LogP contribution in [0.15, 0.2) is 36.5 Å². The number of carbonyl (C=O) groups excluding carboxylic acids is 1. The Hall–Kier alpha value is -2.72. The number of aryl methyl sites for hydroxylation is 1. The number of hydrogen-bond acceptors (Lipinski definition) is 8. The summed E-state index contributed by atoms with van der Waals surface area (Å²) >= 11 is 0. The number of pyridine rings is 1. The second kappa shape index (κ2) is 10.7. The summed E-state index contributed by atoms with van der Waals surface area (Å²) in [5.41, 5.74) is 6.99. The second-order valence-electron chi connectivity index (χ2n) is 10.9. The summed E-state index contributed by atoms with van der Waals surface area (Å²) < 4.78 is 14.1. The van der Waals surface area contributed by atoms with Crippen LogP contribution in [-0.4, -0.2) is 49.5 Å². The van der Waals surface area contributed by atoms with E-state index < -0.39 is 23.3 Å². The molecule has 4 rings (SSSR count). The van der Waals surface area contributed by atoms with Gasteiger partial charge in [0.15, 0.2) is 0 Å². The third-order valence-electron chi connectivity index (χ3n) is 6.80. The van der Waals surface area contributed by atoms with Crippen molar-refractivity contribution in [1.82, 2.24) is 5.32 Å². The minimum absolute atomic E-state index is 0.530. The molecule has 9 nitrogen and oxygen atoms in total. The van der Waals surface area contributed by atoms with Crippen LogP contribution in [0.3, 0.4) is 0 Å². The Morgan fingerprint density at radius 1 is 1.19 bits per heavy atom. The summed E-state index contributed by atoms with van der Waals surface area (Å²) in [6.07, 6.45) is 2.97. The van der Waals surface area contributed by atoms with Crippen molar-refractivity contribution in [3.05, 3.63) is 42.1 Å². The Bertz CT molecular complexity index is 1080. The number of carbonyl (C=O) groups is 1. The van der Waals surface area contributed by atoms with Crippen LogP contribution in [0.25, 0.3) is 11.1 Å². The molecule has 0 amide bonds. The molecular weight excluding hydrogens is 458 g/mol. The number of nitrogens with two attached hydrogens (primary N) is 2. The van der Waals surface area contributed by atoms with Gasteiger partial charge in [-0.05, 0) is 69.9 Å². The topological polar surface area (TPSA) is 125 Å². The highest BCUT2D eigenvalue weighted by molar-refractivity contribution is 5.80. The van der Waals surface area contributed by atoms with E-state index >= 15 is 0 Å². The number of rotatable bonds is 9. The van der Waals surface area contributed by atoms with Crippen LogP contribution in [0.4, 0.5) is 5.82 Å². The minimum Gasteiger partial charge on any atom is -0.486 e. The normalized spacial score (nSPS) is 19.4. The molecule has 1 aromatic carbocycles. The van der Waals surface area contributed by atoms with Crippen LogP contribution in [0, 0.1) is 5.92 Å². The van der Waals surface area contributed by atoms with Gasteiger partial charge in [-0.2, -0.15) is 0 Å². The highest BCUT2D eigenvalue weighted by Crippen LogP contribution is 2.36. The number of benzene rings is 1. The van der Waals surface area contributed by atoms with E-state index in [0.29, 0.717) is 18.9 Å². The molecule has 0 spiro atoms. The third kappa shape index (κ3) is 5.81. The minimum atomic E-state index is -1.40. The predicted molar refractivity (Wildman–Crippen MR) is 138 cm³/mol. The number of hydrogen-bond donors (Lipinski definition) is 4. The molecule has 2 aromatic rings. The van der Waals surface area contributed by atoms with Gasteiger partial charge in [-0.25, -0.2) is 15.3 Å². The highest BCUT2D eigenvalue weighted by Gasteiger charge is 2.48. The predicted octanol–water partition coefficient (Wildman–Crippen LogP) is 1.92. The van der Waals surface area contributed by atoms with Gasteiger partial charge in [0, 0.05) is 37.2 Å². The van der Waals surface area contributed by atoms with E-state index in [9.17, 15) is 4.79 Å². The summed E-state index contributed by atoms with van der Waals surface area (Å²) in [6.45, 7) is 11.4. The van der Waals surface area contributed by atoms with Crippen molar-refractivity contribution < 1.29 is 23.7 Å². The molecule has 6 N–H and O–H groups in total. The van der Waals surface area contributed by atoms with E-state index in [1.54, 1.807) is 6.92 Å². The SMILES string of the molecule is CC(C)(C)OC(=O)C(C)(ON)C1CCc2cc(-c3ccc(NCCN)[n+](CC4CNC4)c3)ccc2O1. The molecule has 1 fully saturated rings. The van der Waals surface area contributed by atoms with Crippen LogP contribution in [0.1, 0.15) is 39.7 Å². The van der Waals surface area contributed by atoms with E-state index in [2.05, 4.69) is 39.6 Å². The summed E-state index contributed by atoms with van der Waals surface area (Å²) in [7, 11) is 0. The van der Waals surface area contributed by atoms with Gasteiger partial charge < -0.3 is 20.5 Å². The highest BCUT2D eigenvalue weighted by atomic mass is 16.7. The van der Waals surface area contributed by atoms with Crippen molar-refractivity contribution in [3.63, 3.8) is 0 Å². The van der Waals surface area contributed by atoms with Crippen LogP contribution in [-0.2, 0) is 27.3 Å². The van der Waals surface area contributed by atoms with Gasteiger partial charge in [-0.15, -0.1) is 0 Å². The van der Waals surface area contributed by atoms with E-state index in [1.807, 2.05) is 32.9 Å². The number of anilines is 1. The quantitative estimate of drug-likeness (QED) is 0.235. The lowest BCUT2D eigenvalue weighted by Crippen LogP contribution is -2.56. The van der Waals surface area contributed by atoms with Crippen molar-refractivity contribution in [1.29, 1.82) is 0 Å². The average molecular weight is 499 g/mol. The number of nitrogens with zero attached hydrogens (tertiary/aromatic N) is 1. The number of ether oxygens (including phenoxy) is 2. The van der Waals surface area contributed by atoms with Crippen molar-refractivity contribution in [3.8, 4) is 16.9 Å². The Kier molecular flexibility index (Phi) is 7.85. The van der Waals surface area contributed by atoms with Gasteiger partial charge >= 0.3 is 5.97 Å². The van der Waals surface area contributed by atoms with Gasteiger partial charge in [-0.3, -0.25) is 10.2 Å². The zero-order valence-corrected chi connectivity index (χ0v) is 21.8. The molecule has 9 heteroatoms. The van der Waals surface area contributed by atoms with Crippen LogP contribution < -0.4 is 31.6 Å². The third-order valence-corrected chi connectivity index (χ3v) is 6.80. The molecule has 36 heavy (non-hydrogen) atoms. The molecule has 0 saturated carbocycles. The maximum absolute atomic E-state index is 12.9. The van der Waals surface area contributed by atoms with Crippen molar-refractivity contribution in [2.75, 3.05) is 31.5 Å². The Morgan fingerprint density at radius 3 is 2.58 bits per heavy atom. The lowest BCUT2D eigenvalue weighted by atomic mass is 9.89. The molecule has 196 valence electrons. The van der Waals surface area contributed by atoms with Gasteiger partial charge in [-0.1, -0.05) is 6.07 Å². The summed E-state index contributed by atoms with van der Waals surface area (Å²) in [6, 6.07) is 10.4. The van der Waals surface area contributed by atoms with Crippen molar-refractivity contribution in [2.24, 2.45) is 17.5 Å². The fourth-order valence-corrected chi connectivity index (χ4v) is 4.57. The Morgan fingerprint density at radius 2 is 1.94 bits per heavy atom. The molecule has 2 aliphatic heterocycles. The first kappa shape index (κ1) is 26.3. The first-order valence-corrected chi connectivity index (χ1v) is 12.7. The number of fused-ring (bicyclic) bond motifs is 1. The zero-order valence-electron chi connectivity index (χ0n) is 21.8. The monoisotopic (exact) mass is 498 g/mol. The number of esters is 1. The average Bonchev–Trinajstić information content (AvgIpc) is 2.83. The summed E-state index contributed by atoms with van der Waals surface area (Å²) in [5.74, 6) is 7.49. The first-order chi connectivity index (χ1) is 17.1. The summed E-state index contributed by atoms with van der Waals surface area (Å²) in [5, 5.41) is 6.78. The largest absolute Gasteiger partial charge is 0.486 e. The first-order valence-electron chi connectivity index (χ1n) is 12.7. The number of nitrogens with one attached hydrogen (secondary N) is 2. The van der Waals surface area contributed by atoms with Crippen molar-refractivity contribution >= 4 is 11.8 Å². The molecule has 3 heterocycles. The lowest BCUT2D eigenvalue weighted by Gasteiger charge is -2.38. The maximum atomic E-state index is 12.9. The Labute approximate surface area is 213 Å². The molecule has 0 aliphatic carbocycles. The van der Waals surface area contributed by atoms with E-state index in [-0.39, 0.29) is 0 Å². The summed E-state index contributed by atoms with van der Waals surface area (Å²) in [4.78, 5) is 18.0. The lowest BCUT2D eigenvalue weighted by molar-refractivity contribution is -0.690. The molecule has 0 bridgehead atoms. The molecule has 0 radical (unpaired) electrons. The smallest absolute Gasteiger partial charge is 0.344 e.